The highest BCUT2D eigenvalue weighted by Crippen LogP contribution is 2.32. The molecular weight excluding hydrogens is 200 g/mol. The van der Waals surface area contributed by atoms with E-state index in [4.69, 9.17) is 16.3 Å². The van der Waals surface area contributed by atoms with Gasteiger partial charge >= 0.3 is 0 Å². The molecule has 0 aliphatic heterocycles. The standard InChI is InChI=1S/C11H13ClO2/c1-6-5-9(12)7(2)10(8(3)13)11(6)14-4/h5H,1-4H3. The predicted molar refractivity (Wildman–Crippen MR) is 57.5 cm³/mol. The number of carbonyl (C=O) groups is 1. The Morgan fingerprint density at radius 1 is 1.43 bits per heavy atom. The zero-order valence-electron chi connectivity index (χ0n) is 8.77. The van der Waals surface area contributed by atoms with E-state index in [9.17, 15) is 4.79 Å². The van der Waals surface area contributed by atoms with Gasteiger partial charge in [-0.15, -0.1) is 0 Å². The second-order valence-corrected chi connectivity index (χ2v) is 3.67. The highest BCUT2D eigenvalue weighted by Gasteiger charge is 2.16. The SMILES string of the molecule is COc1c(C)cc(Cl)c(C)c1C(C)=O. The average Bonchev–Trinajstić information content (AvgIpc) is 2.10. The minimum atomic E-state index is -0.0232. The Morgan fingerprint density at radius 3 is 2.43 bits per heavy atom. The van der Waals surface area contributed by atoms with E-state index < -0.39 is 0 Å². The van der Waals surface area contributed by atoms with E-state index >= 15 is 0 Å². The topological polar surface area (TPSA) is 26.3 Å². The minimum absolute atomic E-state index is 0.0232. The predicted octanol–water partition coefficient (Wildman–Crippen LogP) is 3.17. The Bertz CT molecular complexity index is 383. The largest absolute Gasteiger partial charge is 0.496 e. The van der Waals surface area contributed by atoms with Crippen molar-refractivity contribution in [3.8, 4) is 5.75 Å². The molecular formula is C11H13ClO2. The van der Waals surface area contributed by atoms with Crippen LogP contribution >= 0.6 is 11.6 Å². The lowest BCUT2D eigenvalue weighted by molar-refractivity contribution is 0.101. The fourth-order valence-corrected chi connectivity index (χ4v) is 1.80. The Hall–Kier alpha value is -1.02. The number of hydrogen-bond donors (Lipinski definition) is 0. The molecule has 0 unspecified atom stereocenters. The molecule has 3 heteroatoms. The highest BCUT2D eigenvalue weighted by molar-refractivity contribution is 6.32. The fourth-order valence-electron chi connectivity index (χ4n) is 1.54. The van der Waals surface area contributed by atoms with E-state index in [1.165, 1.54) is 6.92 Å². The summed E-state index contributed by atoms with van der Waals surface area (Å²) in [7, 11) is 1.56. The first-order chi connectivity index (χ1) is 6.49. The first-order valence-corrected chi connectivity index (χ1v) is 4.71. The minimum Gasteiger partial charge on any atom is -0.496 e. The van der Waals surface area contributed by atoms with Crippen molar-refractivity contribution in [1.29, 1.82) is 0 Å². The fraction of sp³-hybridized carbons (Fsp3) is 0.364. The van der Waals surface area contributed by atoms with Crippen LogP contribution in [-0.2, 0) is 0 Å². The molecule has 0 amide bonds. The lowest BCUT2D eigenvalue weighted by atomic mass is 10.0. The summed E-state index contributed by atoms with van der Waals surface area (Å²) in [5.74, 6) is 0.601. The summed E-state index contributed by atoms with van der Waals surface area (Å²) >= 11 is 5.98. The van der Waals surface area contributed by atoms with Gasteiger partial charge in [0.2, 0.25) is 0 Å². The number of aryl methyl sites for hydroxylation is 1. The number of rotatable bonds is 2. The van der Waals surface area contributed by atoms with Crippen molar-refractivity contribution in [1.82, 2.24) is 0 Å². The number of methoxy groups -OCH3 is 1. The van der Waals surface area contributed by atoms with Gasteiger partial charge in [0.15, 0.2) is 5.78 Å². The van der Waals surface area contributed by atoms with Gasteiger partial charge in [-0.3, -0.25) is 4.79 Å². The van der Waals surface area contributed by atoms with Crippen LogP contribution in [0.15, 0.2) is 6.07 Å². The van der Waals surface area contributed by atoms with Crippen LogP contribution in [0.3, 0.4) is 0 Å². The van der Waals surface area contributed by atoms with Crippen molar-refractivity contribution < 1.29 is 9.53 Å². The van der Waals surface area contributed by atoms with Gasteiger partial charge < -0.3 is 4.74 Å². The molecule has 0 fully saturated rings. The molecule has 0 atom stereocenters. The van der Waals surface area contributed by atoms with Crippen molar-refractivity contribution in [2.24, 2.45) is 0 Å². The third-order valence-corrected chi connectivity index (χ3v) is 2.61. The molecule has 0 spiro atoms. The van der Waals surface area contributed by atoms with Gasteiger partial charge in [-0.1, -0.05) is 11.6 Å². The van der Waals surface area contributed by atoms with Crippen molar-refractivity contribution in [2.45, 2.75) is 20.8 Å². The van der Waals surface area contributed by atoms with Gasteiger partial charge in [0.05, 0.1) is 12.7 Å². The number of ether oxygens (including phenoxy) is 1. The maximum Gasteiger partial charge on any atom is 0.163 e. The maximum absolute atomic E-state index is 11.4. The number of Topliss-reactive ketones (excluding diaryl/α,β-unsaturated/α-hetero) is 1. The molecule has 0 N–H and O–H groups in total. The molecule has 2 nitrogen and oxygen atoms in total. The third-order valence-electron chi connectivity index (χ3n) is 2.22. The van der Waals surface area contributed by atoms with E-state index in [1.807, 2.05) is 19.9 Å². The molecule has 76 valence electrons. The number of carbonyl (C=O) groups excluding carboxylic acids is 1. The van der Waals surface area contributed by atoms with Crippen LogP contribution in [0.5, 0.6) is 5.75 Å². The molecule has 1 aromatic carbocycles. The molecule has 0 saturated carbocycles. The molecule has 0 heterocycles. The summed E-state index contributed by atoms with van der Waals surface area (Å²) in [4.78, 5) is 11.4. The number of hydrogen-bond acceptors (Lipinski definition) is 2. The van der Waals surface area contributed by atoms with Crippen molar-refractivity contribution in [3.63, 3.8) is 0 Å². The quantitative estimate of drug-likeness (QED) is 0.704. The molecule has 1 rings (SSSR count). The zero-order chi connectivity index (χ0) is 10.9. The summed E-state index contributed by atoms with van der Waals surface area (Å²) in [6.07, 6.45) is 0. The lowest BCUT2D eigenvalue weighted by Gasteiger charge is -2.13. The summed E-state index contributed by atoms with van der Waals surface area (Å²) < 4.78 is 5.19. The van der Waals surface area contributed by atoms with Crippen molar-refractivity contribution >= 4 is 17.4 Å². The van der Waals surface area contributed by atoms with Gasteiger partial charge in [0.1, 0.15) is 5.75 Å². The van der Waals surface area contributed by atoms with Crippen LogP contribution in [0, 0.1) is 13.8 Å². The van der Waals surface area contributed by atoms with E-state index in [1.54, 1.807) is 7.11 Å². The molecule has 0 saturated heterocycles. The normalized spacial score (nSPS) is 10.1. The monoisotopic (exact) mass is 212 g/mol. The smallest absolute Gasteiger partial charge is 0.163 e. The van der Waals surface area contributed by atoms with Gasteiger partial charge in [-0.05, 0) is 38.0 Å². The first kappa shape index (κ1) is 11.1. The summed E-state index contributed by atoms with van der Waals surface area (Å²) in [6, 6.07) is 1.81. The van der Waals surface area contributed by atoms with Gasteiger partial charge in [-0.2, -0.15) is 0 Å². The van der Waals surface area contributed by atoms with Crippen LogP contribution in [0.25, 0.3) is 0 Å². The summed E-state index contributed by atoms with van der Waals surface area (Å²) in [5, 5.41) is 0.605. The lowest BCUT2D eigenvalue weighted by Crippen LogP contribution is -2.03. The van der Waals surface area contributed by atoms with Crippen LogP contribution in [-0.4, -0.2) is 12.9 Å². The van der Waals surface area contributed by atoms with Gasteiger partial charge in [-0.25, -0.2) is 0 Å². The highest BCUT2D eigenvalue weighted by atomic mass is 35.5. The zero-order valence-corrected chi connectivity index (χ0v) is 9.53. The van der Waals surface area contributed by atoms with Gasteiger partial charge in [0.25, 0.3) is 0 Å². The van der Waals surface area contributed by atoms with Gasteiger partial charge in [0, 0.05) is 5.02 Å². The van der Waals surface area contributed by atoms with E-state index in [0.717, 1.165) is 11.1 Å². The van der Waals surface area contributed by atoms with Crippen LogP contribution < -0.4 is 4.74 Å². The van der Waals surface area contributed by atoms with Crippen LogP contribution in [0.4, 0.5) is 0 Å². The van der Waals surface area contributed by atoms with Crippen LogP contribution in [0.1, 0.15) is 28.4 Å². The van der Waals surface area contributed by atoms with Crippen LogP contribution in [0.2, 0.25) is 5.02 Å². The van der Waals surface area contributed by atoms with E-state index in [2.05, 4.69) is 0 Å². The third kappa shape index (κ3) is 1.75. The second-order valence-electron chi connectivity index (χ2n) is 3.26. The molecule has 0 aliphatic carbocycles. The number of benzene rings is 1. The summed E-state index contributed by atoms with van der Waals surface area (Å²) in [6.45, 7) is 5.21. The van der Waals surface area contributed by atoms with Crippen molar-refractivity contribution in [3.05, 3.63) is 27.8 Å². The second kappa shape index (κ2) is 4.01. The van der Waals surface area contributed by atoms with Crippen molar-refractivity contribution in [2.75, 3.05) is 7.11 Å². The molecule has 0 bridgehead atoms. The Labute approximate surface area is 88.8 Å². The maximum atomic E-state index is 11.4. The molecule has 14 heavy (non-hydrogen) atoms. The molecule has 0 radical (unpaired) electrons. The molecule has 0 aliphatic rings. The Kier molecular flexibility index (Phi) is 3.17. The van der Waals surface area contributed by atoms with E-state index in [-0.39, 0.29) is 5.78 Å². The average molecular weight is 213 g/mol. The Morgan fingerprint density at radius 2 is 2.00 bits per heavy atom. The first-order valence-electron chi connectivity index (χ1n) is 4.33. The number of halogens is 1. The van der Waals surface area contributed by atoms with E-state index in [0.29, 0.717) is 16.3 Å². The number of ketones is 1. The molecule has 1 aromatic rings. The molecule has 0 aromatic heterocycles. The Balaban J connectivity index is 3.56. The summed E-state index contributed by atoms with van der Waals surface area (Å²) in [5.41, 5.74) is 2.24.